The minimum atomic E-state index is 0.188. The van der Waals surface area contributed by atoms with Crippen molar-refractivity contribution in [2.75, 3.05) is 75.8 Å². The molecule has 2 fully saturated rings. The zero-order chi connectivity index (χ0) is 17.7. The summed E-state index contributed by atoms with van der Waals surface area (Å²) in [6.45, 7) is 16.6. The molecule has 0 bridgehead atoms. The summed E-state index contributed by atoms with van der Waals surface area (Å²) in [5, 5.41) is 3.26. The number of hydrogen-bond donors (Lipinski definition) is 1. The number of nitrogens with one attached hydrogen (secondary N) is 1. The maximum absolute atomic E-state index is 5.49. The molecule has 7 nitrogen and oxygen atoms in total. The van der Waals surface area contributed by atoms with Crippen LogP contribution in [-0.2, 0) is 4.74 Å². The van der Waals surface area contributed by atoms with E-state index in [1.54, 1.807) is 0 Å². The van der Waals surface area contributed by atoms with Crippen LogP contribution in [0.3, 0.4) is 0 Å². The second-order valence-corrected chi connectivity index (χ2v) is 7.45. The van der Waals surface area contributed by atoms with Crippen LogP contribution in [0.2, 0.25) is 0 Å². The van der Waals surface area contributed by atoms with Crippen molar-refractivity contribution < 1.29 is 4.74 Å². The Hall–Kier alpha value is -1.44. The van der Waals surface area contributed by atoms with Crippen LogP contribution in [0.25, 0.3) is 0 Å². The molecule has 0 atom stereocenters. The number of piperazine rings is 1. The molecule has 1 N–H and O–H groups in total. The van der Waals surface area contributed by atoms with Crippen LogP contribution in [-0.4, -0.2) is 90.9 Å². The smallest absolute Gasteiger partial charge is 0.227 e. The fraction of sp³-hybridized carbons (Fsp3) is 0.778. The van der Waals surface area contributed by atoms with E-state index in [2.05, 4.69) is 50.8 Å². The summed E-state index contributed by atoms with van der Waals surface area (Å²) in [5.41, 5.74) is 0.188. The molecule has 0 aliphatic carbocycles. The highest BCUT2D eigenvalue weighted by molar-refractivity contribution is 5.41. The lowest BCUT2D eigenvalue weighted by Crippen LogP contribution is -2.58. The second-order valence-electron chi connectivity index (χ2n) is 7.45. The highest BCUT2D eigenvalue weighted by atomic mass is 16.5. The molecule has 3 heterocycles. The summed E-state index contributed by atoms with van der Waals surface area (Å²) in [4.78, 5) is 16.5. The Morgan fingerprint density at radius 1 is 1.12 bits per heavy atom. The minimum absolute atomic E-state index is 0.188. The van der Waals surface area contributed by atoms with Gasteiger partial charge in [-0.05, 0) is 26.8 Å². The standard InChI is InChI=1S/C18H32N6O/c1-4-19-16-5-6-20-17(21-16)23-9-7-22(8-10-23)15-18(2,3)24-11-13-25-14-12-24/h5-6H,4,7-15H2,1-3H3,(H,19,20,21). The first-order chi connectivity index (χ1) is 12.1. The van der Waals surface area contributed by atoms with Crippen LogP contribution in [0.4, 0.5) is 11.8 Å². The first-order valence-corrected chi connectivity index (χ1v) is 9.45. The third kappa shape index (κ3) is 4.80. The van der Waals surface area contributed by atoms with Crippen LogP contribution < -0.4 is 10.2 Å². The first kappa shape index (κ1) is 18.4. The van der Waals surface area contributed by atoms with Gasteiger partial charge in [0.05, 0.1) is 13.2 Å². The van der Waals surface area contributed by atoms with E-state index in [9.17, 15) is 0 Å². The van der Waals surface area contributed by atoms with Gasteiger partial charge in [0.1, 0.15) is 5.82 Å². The van der Waals surface area contributed by atoms with Crippen molar-refractivity contribution in [3.8, 4) is 0 Å². The maximum Gasteiger partial charge on any atom is 0.227 e. The van der Waals surface area contributed by atoms with Crippen molar-refractivity contribution in [1.82, 2.24) is 19.8 Å². The lowest BCUT2D eigenvalue weighted by atomic mass is 10.0. The molecule has 1 aromatic rings. The average Bonchev–Trinajstić information content (AvgIpc) is 2.63. The molecule has 0 aromatic carbocycles. The number of ether oxygens (including phenoxy) is 1. The van der Waals surface area contributed by atoms with Crippen molar-refractivity contribution in [3.63, 3.8) is 0 Å². The molecule has 7 heteroatoms. The Bertz CT molecular complexity index is 538. The van der Waals surface area contributed by atoms with Gasteiger partial charge in [-0.15, -0.1) is 0 Å². The molecule has 0 radical (unpaired) electrons. The molecular weight excluding hydrogens is 316 g/mol. The third-order valence-corrected chi connectivity index (χ3v) is 5.13. The highest BCUT2D eigenvalue weighted by Crippen LogP contribution is 2.20. The average molecular weight is 348 g/mol. The van der Waals surface area contributed by atoms with Gasteiger partial charge in [0.25, 0.3) is 0 Å². The Balaban J connectivity index is 1.52. The molecule has 2 saturated heterocycles. The summed E-state index contributed by atoms with van der Waals surface area (Å²) in [6.07, 6.45) is 1.84. The van der Waals surface area contributed by atoms with Crippen LogP contribution >= 0.6 is 0 Å². The molecule has 140 valence electrons. The van der Waals surface area contributed by atoms with Crippen LogP contribution in [0.5, 0.6) is 0 Å². The Kier molecular flexibility index (Phi) is 6.09. The summed E-state index contributed by atoms with van der Waals surface area (Å²) in [7, 11) is 0. The molecule has 0 spiro atoms. The van der Waals surface area contributed by atoms with Crippen molar-refractivity contribution in [1.29, 1.82) is 0 Å². The quantitative estimate of drug-likeness (QED) is 0.827. The van der Waals surface area contributed by atoms with Crippen molar-refractivity contribution in [2.45, 2.75) is 26.3 Å². The number of hydrogen-bond acceptors (Lipinski definition) is 7. The Morgan fingerprint density at radius 2 is 1.84 bits per heavy atom. The van der Waals surface area contributed by atoms with Gasteiger partial charge >= 0.3 is 0 Å². The second kappa shape index (κ2) is 8.29. The Morgan fingerprint density at radius 3 is 2.52 bits per heavy atom. The van der Waals surface area contributed by atoms with E-state index in [4.69, 9.17) is 4.74 Å². The molecular formula is C18H32N6O. The Labute approximate surface area is 151 Å². The molecule has 3 rings (SSSR count). The highest BCUT2D eigenvalue weighted by Gasteiger charge is 2.31. The SMILES string of the molecule is CCNc1ccnc(N2CCN(CC(C)(C)N3CCOCC3)CC2)n1. The van der Waals surface area contributed by atoms with Gasteiger partial charge in [0.2, 0.25) is 5.95 Å². The van der Waals surface area contributed by atoms with Gasteiger partial charge in [-0.25, -0.2) is 4.98 Å². The van der Waals surface area contributed by atoms with Gasteiger partial charge in [0, 0.05) is 64.1 Å². The van der Waals surface area contributed by atoms with E-state index in [1.807, 2.05) is 12.3 Å². The first-order valence-electron chi connectivity index (χ1n) is 9.45. The monoisotopic (exact) mass is 348 g/mol. The molecule has 0 amide bonds. The van der Waals surface area contributed by atoms with Crippen LogP contribution in [0, 0.1) is 0 Å². The van der Waals surface area contributed by atoms with Crippen LogP contribution in [0.15, 0.2) is 12.3 Å². The van der Waals surface area contributed by atoms with Gasteiger partial charge in [-0.2, -0.15) is 4.98 Å². The van der Waals surface area contributed by atoms with Gasteiger partial charge in [-0.1, -0.05) is 0 Å². The molecule has 0 saturated carbocycles. The lowest BCUT2D eigenvalue weighted by Gasteiger charge is -2.45. The maximum atomic E-state index is 5.49. The summed E-state index contributed by atoms with van der Waals surface area (Å²) >= 11 is 0. The predicted molar refractivity (Wildman–Crippen MR) is 101 cm³/mol. The molecule has 1 aromatic heterocycles. The zero-order valence-electron chi connectivity index (χ0n) is 15.9. The number of nitrogens with zero attached hydrogens (tertiary/aromatic N) is 5. The minimum Gasteiger partial charge on any atom is -0.379 e. The van der Waals surface area contributed by atoms with Gasteiger partial charge in [0.15, 0.2) is 0 Å². The summed E-state index contributed by atoms with van der Waals surface area (Å²) in [6, 6.07) is 1.92. The topological polar surface area (TPSA) is 56.8 Å². The van der Waals surface area contributed by atoms with Gasteiger partial charge in [-0.3, -0.25) is 9.80 Å². The van der Waals surface area contributed by atoms with E-state index < -0.39 is 0 Å². The number of aromatic nitrogens is 2. The molecule has 2 aliphatic rings. The van der Waals surface area contributed by atoms with Crippen molar-refractivity contribution >= 4 is 11.8 Å². The fourth-order valence-corrected chi connectivity index (χ4v) is 3.70. The fourth-order valence-electron chi connectivity index (χ4n) is 3.70. The van der Waals surface area contributed by atoms with Crippen molar-refractivity contribution in [3.05, 3.63) is 12.3 Å². The summed E-state index contributed by atoms with van der Waals surface area (Å²) in [5.74, 6) is 1.74. The number of rotatable bonds is 6. The van der Waals surface area contributed by atoms with E-state index in [0.717, 1.165) is 77.3 Å². The number of anilines is 2. The third-order valence-electron chi connectivity index (χ3n) is 5.13. The number of morpholine rings is 1. The molecule has 25 heavy (non-hydrogen) atoms. The predicted octanol–water partition coefficient (Wildman–Crippen LogP) is 1.14. The largest absolute Gasteiger partial charge is 0.379 e. The summed E-state index contributed by atoms with van der Waals surface area (Å²) < 4.78 is 5.49. The van der Waals surface area contributed by atoms with E-state index in [-0.39, 0.29) is 5.54 Å². The van der Waals surface area contributed by atoms with Gasteiger partial charge < -0.3 is 15.0 Å². The molecule has 2 aliphatic heterocycles. The van der Waals surface area contributed by atoms with Crippen molar-refractivity contribution in [2.24, 2.45) is 0 Å². The lowest BCUT2D eigenvalue weighted by molar-refractivity contribution is -0.0221. The molecule has 0 unspecified atom stereocenters. The van der Waals surface area contributed by atoms with E-state index >= 15 is 0 Å². The normalized spacial score (nSPS) is 20.7. The zero-order valence-corrected chi connectivity index (χ0v) is 15.9. The van der Waals surface area contributed by atoms with Crippen LogP contribution in [0.1, 0.15) is 20.8 Å². The van der Waals surface area contributed by atoms with E-state index in [0.29, 0.717) is 0 Å². The van der Waals surface area contributed by atoms with E-state index in [1.165, 1.54) is 0 Å².